The maximum absolute atomic E-state index is 13.7. The van der Waals surface area contributed by atoms with Crippen LogP contribution in [-0.2, 0) is 5.54 Å². The topological polar surface area (TPSA) is 93.8 Å². The van der Waals surface area contributed by atoms with Crippen LogP contribution in [0.25, 0.3) is 5.52 Å². The molecule has 1 saturated heterocycles. The van der Waals surface area contributed by atoms with E-state index in [1.54, 1.807) is 15.1 Å². The minimum Gasteiger partial charge on any atom is -0.490 e. The van der Waals surface area contributed by atoms with Crippen LogP contribution in [-0.4, -0.2) is 55.6 Å². The Labute approximate surface area is 210 Å². The average Bonchev–Trinajstić information content (AvgIpc) is 3.64. The maximum Gasteiger partial charge on any atom is 0.275 e. The van der Waals surface area contributed by atoms with E-state index in [4.69, 9.17) is 4.74 Å². The van der Waals surface area contributed by atoms with Crippen molar-refractivity contribution in [2.75, 3.05) is 25.0 Å². The third-order valence-corrected chi connectivity index (χ3v) is 8.43. The fourth-order valence-corrected chi connectivity index (χ4v) is 6.53. The Morgan fingerprint density at radius 1 is 1.14 bits per heavy atom. The number of rotatable bonds is 6. The molecule has 5 heterocycles. The van der Waals surface area contributed by atoms with Crippen LogP contribution in [0.15, 0.2) is 23.4 Å². The van der Waals surface area contributed by atoms with Gasteiger partial charge in [0.1, 0.15) is 29.9 Å². The summed E-state index contributed by atoms with van der Waals surface area (Å²) in [6, 6.07) is 2.13. The van der Waals surface area contributed by atoms with Gasteiger partial charge in [-0.1, -0.05) is 12.8 Å². The van der Waals surface area contributed by atoms with Crippen molar-refractivity contribution >= 4 is 22.8 Å². The molecule has 1 atom stereocenters. The van der Waals surface area contributed by atoms with Gasteiger partial charge in [0.05, 0.1) is 17.4 Å². The number of nitrogens with one attached hydrogen (secondary N) is 1. The number of carbonyl (C=O) groups excluding carboxylic acids is 1. The van der Waals surface area contributed by atoms with Crippen molar-refractivity contribution in [3.63, 3.8) is 0 Å². The molecule has 6 rings (SSSR count). The number of likely N-dealkylation sites (tertiary alicyclic amines) is 1. The molecule has 9 nitrogen and oxygen atoms in total. The first-order chi connectivity index (χ1) is 17.4. The maximum atomic E-state index is 13.7. The molecule has 9 heteroatoms. The zero-order valence-electron chi connectivity index (χ0n) is 21.3. The van der Waals surface area contributed by atoms with Gasteiger partial charge in [-0.25, -0.2) is 9.50 Å². The standard InChI is InChI=1S/C27H34N6O3/c1-17-12-20(26(35)33-23(17)21(34)13-27(33)8-4-5-9-27)30-25-24-19(3)22(14-32(24)29-16-28-25)36-15-18(2)31-10-6-7-11-31/h12,14,16,18H,4-11,13,15H2,1-3H3,(H,28,29,30)/t18-/m0/s1. The van der Waals surface area contributed by atoms with Gasteiger partial charge in [0.25, 0.3) is 5.56 Å². The molecule has 1 N–H and O–H groups in total. The second-order valence-corrected chi connectivity index (χ2v) is 10.8. The SMILES string of the molecule is Cc1cc(Nc2ncnn3cc(OC[C@H](C)N4CCCC4)c(C)c23)c(=O)n2c1C(=O)CC21CCCC1. The van der Waals surface area contributed by atoms with Gasteiger partial charge in [0, 0.05) is 18.0 Å². The molecule has 2 aliphatic heterocycles. The molecule has 3 aromatic rings. The summed E-state index contributed by atoms with van der Waals surface area (Å²) in [6.07, 6.45) is 10.1. The van der Waals surface area contributed by atoms with Crippen molar-refractivity contribution < 1.29 is 9.53 Å². The lowest BCUT2D eigenvalue weighted by Gasteiger charge is -2.26. The number of pyridine rings is 1. The summed E-state index contributed by atoms with van der Waals surface area (Å²) in [4.78, 5) is 33.5. The molecule has 3 aliphatic rings. The number of aromatic nitrogens is 4. The number of hydrogen-bond donors (Lipinski definition) is 1. The lowest BCUT2D eigenvalue weighted by atomic mass is 9.94. The Morgan fingerprint density at radius 2 is 1.89 bits per heavy atom. The molecule has 36 heavy (non-hydrogen) atoms. The van der Waals surface area contributed by atoms with E-state index in [-0.39, 0.29) is 16.9 Å². The number of aryl methyl sites for hydroxylation is 2. The van der Waals surface area contributed by atoms with E-state index in [0.29, 0.717) is 36.3 Å². The summed E-state index contributed by atoms with van der Waals surface area (Å²) in [5, 5.41) is 7.67. The molecule has 3 aromatic heterocycles. The van der Waals surface area contributed by atoms with E-state index in [9.17, 15) is 9.59 Å². The smallest absolute Gasteiger partial charge is 0.275 e. The molecular formula is C27H34N6O3. The van der Waals surface area contributed by atoms with Crippen LogP contribution in [0.5, 0.6) is 5.75 Å². The van der Waals surface area contributed by atoms with Crippen LogP contribution < -0.4 is 15.6 Å². The van der Waals surface area contributed by atoms with E-state index in [2.05, 4.69) is 27.2 Å². The third kappa shape index (κ3) is 3.63. The Bertz CT molecular complexity index is 1390. The van der Waals surface area contributed by atoms with E-state index >= 15 is 0 Å². The highest BCUT2D eigenvalue weighted by Crippen LogP contribution is 2.45. The van der Waals surface area contributed by atoms with Crippen LogP contribution in [0, 0.1) is 13.8 Å². The van der Waals surface area contributed by atoms with Crippen LogP contribution in [0.1, 0.15) is 73.5 Å². The number of anilines is 2. The van der Waals surface area contributed by atoms with Gasteiger partial charge >= 0.3 is 0 Å². The van der Waals surface area contributed by atoms with Crippen molar-refractivity contribution in [1.29, 1.82) is 0 Å². The summed E-state index contributed by atoms with van der Waals surface area (Å²) in [7, 11) is 0. The molecule has 0 amide bonds. The molecule has 1 aliphatic carbocycles. The summed E-state index contributed by atoms with van der Waals surface area (Å²) in [5.41, 5.74) is 3.00. The van der Waals surface area contributed by atoms with Crippen molar-refractivity contribution in [3.05, 3.63) is 45.8 Å². The quantitative estimate of drug-likeness (QED) is 0.559. The van der Waals surface area contributed by atoms with Gasteiger partial charge < -0.3 is 10.1 Å². The van der Waals surface area contributed by atoms with Gasteiger partial charge in [-0.15, -0.1) is 0 Å². The molecule has 0 unspecified atom stereocenters. The molecule has 0 radical (unpaired) electrons. The summed E-state index contributed by atoms with van der Waals surface area (Å²) >= 11 is 0. The number of fused-ring (bicyclic) bond motifs is 3. The van der Waals surface area contributed by atoms with Gasteiger partial charge in [0.2, 0.25) is 0 Å². The Morgan fingerprint density at radius 3 is 2.64 bits per heavy atom. The first-order valence-electron chi connectivity index (χ1n) is 13.2. The average molecular weight is 491 g/mol. The first kappa shape index (κ1) is 23.2. The van der Waals surface area contributed by atoms with Crippen LogP contribution in [0.3, 0.4) is 0 Å². The summed E-state index contributed by atoms with van der Waals surface area (Å²) in [6.45, 7) is 8.97. The largest absolute Gasteiger partial charge is 0.490 e. The van der Waals surface area contributed by atoms with Crippen molar-refractivity contribution in [1.82, 2.24) is 24.1 Å². The van der Waals surface area contributed by atoms with Crippen LogP contribution in [0.2, 0.25) is 0 Å². The number of ether oxygens (including phenoxy) is 1. The minimum absolute atomic E-state index is 0.0786. The van der Waals surface area contributed by atoms with Crippen molar-refractivity contribution in [3.8, 4) is 5.75 Å². The van der Waals surface area contributed by atoms with Gasteiger partial charge in [0.15, 0.2) is 11.6 Å². The summed E-state index contributed by atoms with van der Waals surface area (Å²) in [5.74, 6) is 1.39. The van der Waals surface area contributed by atoms with E-state index < -0.39 is 0 Å². The molecule has 190 valence electrons. The summed E-state index contributed by atoms with van der Waals surface area (Å²) < 4.78 is 9.76. The first-order valence-corrected chi connectivity index (χ1v) is 13.2. The van der Waals surface area contributed by atoms with Crippen LogP contribution in [0.4, 0.5) is 11.5 Å². The highest BCUT2D eigenvalue weighted by molar-refractivity contribution is 5.99. The Kier molecular flexibility index (Phi) is 5.63. The lowest BCUT2D eigenvalue weighted by molar-refractivity contribution is 0.0970. The number of Topliss-reactive ketones (excluding diaryl/α,β-unsaturated/α-hetero) is 1. The molecule has 0 aromatic carbocycles. The van der Waals surface area contributed by atoms with Gasteiger partial charge in [-0.3, -0.25) is 19.1 Å². The molecule has 2 fully saturated rings. The fraction of sp³-hybridized carbons (Fsp3) is 0.556. The van der Waals surface area contributed by atoms with E-state index in [0.717, 1.165) is 61.2 Å². The van der Waals surface area contributed by atoms with E-state index in [1.165, 1.54) is 19.2 Å². The predicted octanol–water partition coefficient (Wildman–Crippen LogP) is 3.97. The third-order valence-electron chi connectivity index (χ3n) is 8.43. The number of ketones is 1. The highest BCUT2D eigenvalue weighted by atomic mass is 16.5. The van der Waals surface area contributed by atoms with Gasteiger partial charge in [-0.05, 0) is 71.2 Å². The molecule has 0 bridgehead atoms. The molecular weight excluding hydrogens is 456 g/mol. The van der Waals surface area contributed by atoms with Gasteiger partial charge in [-0.2, -0.15) is 5.10 Å². The lowest BCUT2D eigenvalue weighted by Crippen LogP contribution is -2.37. The second-order valence-electron chi connectivity index (χ2n) is 10.8. The van der Waals surface area contributed by atoms with E-state index in [1.807, 2.05) is 20.0 Å². The van der Waals surface area contributed by atoms with Crippen LogP contribution >= 0.6 is 0 Å². The number of nitrogens with zero attached hydrogens (tertiary/aromatic N) is 5. The van der Waals surface area contributed by atoms with Crippen molar-refractivity contribution in [2.24, 2.45) is 0 Å². The zero-order chi connectivity index (χ0) is 25.0. The number of carbonyl (C=O) groups is 1. The predicted molar refractivity (Wildman–Crippen MR) is 138 cm³/mol. The number of hydrogen-bond acceptors (Lipinski definition) is 7. The fourth-order valence-electron chi connectivity index (χ4n) is 6.53. The van der Waals surface area contributed by atoms with Crippen molar-refractivity contribution in [2.45, 2.75) is 77.3 Å². The second kappa shape index (κ2) is 8.73. The normalized spacial score (nSPS) is 19.9. The Hall–Kier alpha value is -3.20. The molecule has 1 spiro atoms. The zero-order valence-corrected chi connectivity index (χ0v) is 21.3. The Balaban J connectivity index is 1.33. The minimum atomic E-state index is -0.370. The monoisotopic (exact) mass is 490 g/mol. The highest BCUT2D eigenvalue weighted by Gasteiger charge is 2.46. The molecule has 1 saturated carbocycles.